The monoisotopic (exact) mass is 711 g/mol. The number of phenolic OH excluding ortho intramolecular Hbond substituents is 1. The Hall–Kier alpha value is -0.550. The molecule has 1 N–H and O–H groups in total. The maximum Gasteiger partial charge on any atom is 0.358 e. The van der Waals surface area contributed by atoms with Gasteiger partial charge in [-0.05, 0) is 106 Å². The Labute approximate surface area is 204 Å². The normalized spacial score (nSPS) is 11.5. The highest BCUT2D eigenvalue weighted by atomic mass is 127. The van der Waals surface area contributed by atoms with Crippen LogP contribution in [0.5, 0.6) is 17.2 Å². The first-order valence-electron chi connectivity index (χ1n) is 8.85. The molecule has 3 aromatic carbocycles. The molecule has 0 atom stereocenters. The predicted molar refractivity (Wildman–Crippen MR) is 127 cm³/mol. The molecule has 0 saturated carbocycles. The summed E-state index contributed by atoms with van der Waals surface area (Å²) in [5.74, 6) is 1.87. The number of hydrogen-bond donors (Lipinski definition) is 1. The number of hydrogen-bond acceptors (Lipinski definition) is 2. The van der Waals surface area contributed by atoms with Gasteiger partial charge in [0.25, 0.3) is 0 Å². The molecule has 146 valence electrons. The van der Waals surface area contributed by atoms with Crippen LogP contribution in [-0.2, 0) is 5.41 Å². The third kappa shape index (κ3) is 5.53. The zero-order valence-electron chi connectivity index (χ0n) is 16.2. The van der Waals surface area contributed by atoms with Crippen LogP contribution in [-0.4, -0.2) is 5.11 Å². The van der Waals surface area contributed by atoms with E-state index in [9.17, 15) is 5.11 Å². The molecule has 0 bridgehead atoms. The highest BCUT2D eigenvalue weighted by Gasteiger charge is 2.21. The molecule has 0 aliphatic rings. The molecule has 0 aromatic heterocycles. The quantitative estimate of drug-likeness (QED) is 0.413. The minimum Gasteiger partial charge on any atom is -0.506 e. The van der Waals surface area contributed by atoms with E-state index in [4.69, 9.17) is 4.74 Å². The molecule has 0 unspecified atom stereocenters. The van der Waals surface area contributed by atoms with Crippen molar-refractivity contribution in [2.45, 2.75) is 33.1 Å². The maximum atomic E-state index is 9.91. The molecule has 2 nitrogen and oxygen atoms in total. The zero-order chi connectivity index (χ0) is 20.5. The Balaban J connectivity index is 1.75. The van der Waals surface area contributed by atoms with E-state index in [1.807, 2.05) is 18.2 Å². The van der Waals surface area contributed by atoms with Crippen molar-refractivity contribution in [3.63, 3.8) is 0 Å². The van der Waals surface area contributed by atoms with E-state index in [0.717, 1.165) is 18.6 Å². The Bertz CT molecular complexity index is 967. The van der Waals surface area contributed by atoms with Gasteiger partial charge in [0.2, 0.25) is 0 Å². The minimum atomic E-state index is -0.222. The fourth-order valence-electron chi connectivity index (χ4n) is 2.65. The largest absolute Gasteiger partial charge is 0.506 e. The molecule has 0 heterocycles. The van der Waals surface area contributed by atoms with Gasteiger partial charge in [-0.15, -0.1) is 0 Å². The van der Waals surface area contributed by atoms with Crippen molar-refractivity contribution in [1.29, 1.82) is 0 Å². The van der Waals surface area contributed by atoms with Gasteiger partial charge in [-0.3, -0.25) is 0 Å². The van der Waals surface area contributed by atoms with Gasteiger partial charge < -0.3 is 9.84 Å². The van der Waals surface area contributed by atoms with Crippen LogP contribution in [0.3, 0.4) is 0 Å². The maximum absolute atomic E-state index is 9.91. The zero-order valence-corrected chi connectivity index (χ0v) is 22.7. The molecule has 0 aliphatic carbocycles. The van der Waals surface area contributed by atoms with Crippen LogP contribution in [0.15, 0.2) is 54.6 Å². The minimum absolute atomic E-state index is 0.190. The third-order valence-corrected chi connectivity index (χ3v) is 9.05. The Kier molecular flexibility index (Phi) is 7.18. The molecule has 0 spiro atoms. The second-order valence-electron chi connectivity index (χ2n) is 7.60. The van der Waals surface area contributed by atoms with E-state index >= 15 is 0 Å². The van der Waals surface area contributed by atoms with Crippen LogP contribution in [0.25, 0.3) is 0 Å². The molecule has 28 heavy (non-hydrogen) atoms. The van der Waals surface area contributed by atoms with Gasteiger partial charge in [0, 0.05) is 5.56 Å². The predicted octanol–water partition coefficient (Wildman–Crippen LogP) is 4.13. The standard InChI is InChI=1S/C23H21I3O2/c1-14-11-17(28-18-12-19(24)22(27)20(25)13-18)9-10-21(14)26-16-7-5-15(6-8-16)23(2,3)4/h5-13H,1-4H3/p+1. The lowest BCUT2D eigenvalue weighted by Gasteiger charge is -2.18. The average molecular weight is 711 g/mol. The highest BCUT2D eigenvalue weighted by Crippen LogP contribution is 2.33. The lowest BCUT2D eigenvalue weighted by molar-refractivity contribution is -0.598. The second kappa shape index (κ2) is 9.07. The van der Waals surface area contributed by atoms with Gasteiger partial charge in [-0.2, -0.15) is 0 Å². The molecule has 0 saturated heterocycles. The van der Waals surface area contributed by atoms with Crippen LogP contribution >= 0.6 is 45.2 Å². The van der Waals surface area contributed by atoms with Crippen molar-refractivity contribution in [2.75, 3.05) is 0 Å². The summed E-state index contributed by atoms with van der Waals surface area (Å²) in [6.45, 7) is 8.89. The summed E-state index contributed by atoms with van der Waals surface area (Å²) in [6, 6.07) is 19.1. The van der Waals surface area contributed by atoms with Gasteiger partial charge in [0.15, 0.2) is 7.14 Å². The topological polar surface area (TPSA) is 29.5 Å². The Morgan fingerprint density at radius 2 is 1.46 bits per heavy atom. The fourth-order valence-corrected chi connectivity index (χ4v) is 6.70. The van der Waals surface area contributed by atoms with Crippen LogP contribution in [0.1, 0.15) is 31.9 Å². The smallest absolute Gasteiger partial charge is 0.358 e. The fraction of sp³-hybridized carbons (Fsp3) is 0.217. The van der Waals surface area contributed by atoms with Crippen molar-refractivity contribution in [3.05, 3.63) is 80.0 Å². The third-order valence-electron chi connectivity index (χ3n) is 4.28. The lowest BCUT2D eigenvalue weighted by atomic mass is 9.87. The first-order valence-corrected chi connectivity index (χ1v) is 13.2. The molecule has 5 heteroatoms. The molecule has 0 amide bonds. The summed E-state index contributed by atoms with van der Waals surface area (Å²) in [6.07, 6.45) is 0. The number of benzene rings is 3. The van der Waals surface area contributed by atoms with E-state index in [1.54, 1.807) is 0 Å². The van der Waals surface area contributed by atoms with Gasteiger partial charge in [-0.1, -0.05) is 32.9 Å². The first-order chi connectivity index (χ1) is 13.1. The second-order valence-corrected chi connectivity index (χ2v) is 12.9. The number of aromatic hydroxyl groups is 1. The Morgan fingerprint density at radius 3 is 2.00 bits per heavy atom. The van der Waals surface area contributed by atoms with Gasteiger partial charge >= 0.3 is 21.2 Å². The van der Waals surface area contributed by atoms with Crippen LogP contribution < -0.4 is 25.9 Å². The van der Waals surface area contributed by atoms with Gasteiger partial charge in [0.05, 0.1) is 7.14 Å². The molecule has 0 fully saturated rings. The van der Waals surface area contributed by atoms with Crippen LogP contribution in [0.4, 0.5) is 0 Å². The van der Waals surface area contributed by atoms with Crippen molar-refractivity contribution in [3.8, 4) is 17.2 Å². The van der Waals surface area contributed by atoms with Crippen molar-refractivity contribution in [1.82, 2.24) is 0 Å². The van der Waals surface area contributed by atoms with E-state index in [2.05, 4.69) is 109 Å². The van der Waals surface area contributed by atoms with Gasteiger partial charge in [0.1, 0.15) is 17.2 Å². The number of phenols is 1. The van der Waals surface area contributed by atoms with Crippen molar-refractivity contribution < 1.29 is 31.0 Å². The average Bonchev–Trinajstić information content (AvgIpc) is 2.61. The highest BCUT2D eigenvalue weighted by molar-refractivity contribution is 14.1. The summed E-state index contributed by atoms with van der Waals surface area (Å²) in [4.78, 5) is 0. The SMILES string of the molecule is Cc1cc(Oc2cc(I)c(O)c(I)c2)ccc1[I+]c1ccc(C(C)(C)C)cc1. The van der Waals surface area contributed by atoms with E-state index < -0.39 is 0 Å². The summed E-state index contributed by atoms with van der Waals surface area (Å²) >= 11 is 4.02. The number of ether oxygens (including phenoxy) is 1. The van der Waals surface area contributed by atoms with Crippen LogP contribution in [0, 0.1) is 21.2 Å². The van der Waals surface area contributed by atoms with Crippen LogP contribution in [0.2, 0.25) is 0 Å². The molecule has 3 aromatic rings. The van der Waals surface area contributed by atoms with E-state index in [0.29, 0.717) is 5.75 Å². The summed E-state index contributed by atoms with van der Waals surface area (Å²) in [5, 5.41) is 9.91. The number of aryl methyl sites for hydroxylation is 1. The summed E-state index contributed by atoms with van der Waals surface area (Å²) in [7, 11) is 0. The summed E-state index contributed by atoms with van der Waals surface area (Å²) in [5.41, 5.74) is 2.82. The van der Waals surface area contributed by atoms with E-state index in [-0.39, 0.29) is 26.6 Å². The van der Waals surface area contributed by atoms with Gasteiger partial charge in [-0.25, -0.2) is 0 Å². The number of halogens is 3. The molecule has 3 rings (SSSR count). The molecule has 0 aliphatic heterocycles. The molecular formula is C23H22I3O2+. The Morgan fingerprint density at radius 1 is 0.857 bits per heavy atom. The van der Waals surface area contributed by atoms with Crippen molar-refractivity contribution >= 4 is 45.2 Å². The summed E-state index contributed by atoms with van der Waals surface area (Å²) < 4.78 is 10.4. The van der Waals surface area contributed by atoms with Crippen molar-refractivity contribution in [2.24, 2.45) is 0 Å². The first kappa shape index (κ1) is 22.1. The molecule has 0 radical (unpaired) electrons. The molecular weight excluding hydrogens is 689 g/mol. The van der Waals surface area contributed by atoms with E-state index in [1.165, 1.54) is 18.3 Å². The lowest BCUT2D eigenvalue weighted by Crippen LogP contribution is -3.61. The number of rotatable bonds is 4.